The van der Waals surface area contributed by atoms with E-state index in [4.69, 9.17) is 14.5 Å². The van der Waals surface area contributed by atoms with Crippen LogP contribution in [0.25, 0.3) is 22.3 Å². The van der Waals surface area contributed by atoms with Gasteiger partial charge in [0.05, 0.1) is 46.4 Å². The van der Waals surface area contributed by atoms with Crippen molar-refractivity contribution in [1.82, 2.24) is 20.3 Å². The number of fused-ring (bicyclic) bond motifs is 1. The van der Waals surface area contributed by atoms with Gasteiger partial charge < -0.3 is 25.1 Å². The van der Waals surface area contributed by atoms with Crippen LogP contribution in [0.15, 0.2) is 18.2 Å². The van der Waals surface area contributed by atoms with E-state index >= 15 is 4.39 Å². The number of alkyl carbamates (subject to hydrolysis) is 1. The summed E-state index contributed by atoms with van der Waals surface area (Å²) in [4.78, 5) is 37.7. The molecule has 1 aromatic carbocycles. The summed E-state index contributed by atoms with van der Waals surface area (Å²) >= 11 is 0. The summed E-state index contributed by atoms with van der Waals surface area (Å²) in [5.74, 6) is -0.608. The van der Waals surface area contributed by atoms with Crippen LogP contribution in [0, 0.1) is 12.7 Å². The number of amides is 1. The monoisotopic (exact) mass is 513 g/mol. The lowest BCUT2D eigenvalue weighted by molar-refractivity contribution is 0.0489. The molecule has 2 heterocycles. The van der Waals surface area contributed by atoms with Crippen molar-refractivity contribution in [2.45, 2.75) is 79.5 Å². The molecule has 3 N–H and O–H groups in total. The zero-order valence-electron chi connectivity index (χ0n) is 22.9. The van der Waals surface area contributed by atoms with E-state index in [-0.39, 0.29) is 23.3 Å². The largest absolute Gasteiger partial charge is 0.462 e. The summed E-state index contributed by atoms with van der Waals surface area (Å²) in [6, 6.07) is 3.72. The highest BCUT2D eigenvalue weighted by Gasteiger charge is 2.27. The predicted molar refractivity (Wildman–Crippen MR) is 141 cm³/mol. The van der Waals surface area contributed by atoms with E-state index in [0.29, 0.717) is 33.9 Å². The average Bonchev–Trinajstić information content (AvgIpc) is 3.17. The van der Waals surface area contributed by atoms with Crippen molar-refractivity contribution in [2.75, 3.05) is 11.9 Å². The number of ether oxygens (including phenoxy) is 2. The third kappa shape index (κ3) is 6.75. The van der Waals surface area contributed by atoms with Gasteiger partial charge in [-0.05, 0) is 80.5 Å². The third-order valence-electron chi connectivity index (χ3n) is 5.23. The van der Waals surface area contributed by atoms with Gasteiger partial charge in [0.25, 0.3) is 0 Å². The number of carbonyl (C=O) groups is 2. The fourth-order valence-corrected chi connectivity index (χ4v) is 3.80. The molecule has 0 saturated heterocycles. The number of H-pyrrole nitrogens is 1. The molecule has 9 nitrogen and oxygen atoms in total. The van der Waals surface area contributed by atoms with Crippen molar-refractivity contribution in [1.29, 1.82) is 0 Å². The number of nitrogens with one attached hydrogen (secondary N) is 3. The van der Waals surface area contributed by atoms with Crippen molar-refractivity contribution in [2.24, 2.45) is 0 Å². The highest BCUT2D eigenvalue weighted by Crippen LogP contribution is 2.34. The molecule has 0 aliphatic heterocycles. The van der Waals surface area contributed by atoms with E-state index in [1.54, 1.807) is 40.7 Å². The average molecular weight is 514 g/mol. The molecule has 0 saturated carbocycles. The zero-order valence-corrected chi connectivity index (χ0v) is 22.9. The number of benzene rings is 1. The molecule has 1 unspecified atom stereocenters. The first-order valence-electron chi connectivity index (χ1n) is 12.2. The maximum absolute atomic E-state index is 15.3. The molecule has 3 rings (SSSR count). The highest BCUT2D eigenvalue weighted by molar-refractivity contribution is 5.97. The molecule has 3 aromatic rings. The van der Waals surface area contributed by atoms with Gasteiger partial charge in [-0.25, -0.2) is 23.9 Å². The second-order valence-corrected chi connectivity index (χ2v) is 10.9. The van der Waals surface area contributed by atoms with Crippen LogP contribution in [0.1, 0.15) is 83.2 Å². The van der Waals surface area contributed by atoms with E-state index in [9.17, 15) is 9.59 Å². The zero-order chi connectivity index (χ0) is 27.7. The number of aryl methyl sites for hydroxylation is 1. The van der Waals surface area contributed by atoms with Crippen molar-refractivity contribution in [3.63, 3.8) is 0 Å². The molecule has 0 fully saturated rings. The highest BCUT2D eigenvalue weighted by atomic mass is 19.1. The summed E-state index contributed by atoms with van der Waals surface area (Å²) in [6.45, 7) is 16.6. The lowest BCUT2D eigenvalue weighted by Gasteiger charge is -2.22. The summed E-state index contributed by atoms with van der Waals surface area (Å²) in [6.07, 6.45) is -0.651. The maximum Gasteiger partial charge on any atom is 0.408 e. The fraction of sp³-hybridized carbons (Fsp3) is 0.481. The Labute approximate surface area is 216 Å². The number of nitrogens with zero attached hydrogens (tertiary/aromatic N) is 2. The number of hydrogen-bond donors (Lipinski definition) is 3. The minimum Gasteiger partial charge on any atom is -0.462 e. The molecule has 10 heteroatoms. The molecule has 0 bridgehead atoms. The van der Waals surface area contributed by atoms with Crippen LogP contribution in [0.4, 0.5) is 15.0 Å². The van der Waals surface area contributed by atoms with Gasteiger partial charge in [-0.3, -0.25) is 0 Å². The third-order valence-corrected chi connectivity index (χ3v) is 5.23. The normalized spacial score (nSPS) is 12.8. The maximum atomic E-state index is 15.3. The molecular weight excluding hydrogens is 477 g/mol. The molecule has 0 spiro atoms. The van der Waals surface area contributed by atoms with Crippen LogP contribution < -0.4 is 10.6 Å². The quantitative estimate of drug-likeness (QED) is 0.344. The van der Waals surface area contributed by atoms with Gasteiger partial charge in [0.2, 0.25) is 0 Å². The van der Waals surface area contributed by atoms with Crippen LogP contribution >= 0.6 is 0 Å². The van der Waals surface area contributed by atoms with Gasteiger partial charge in [-0.2, -0.15) is 0 Å². The molecule has 0 aliphatic carbocycles. The fourth-order valence-electron chi connectivity index (χ4n) is 3.80. The van der Waals surface area contributed by atoms with Crippen LogP contribution in [-0.2, 0) is 9.47 Å². The molecule has 200 valence electrons. The smallest absolute Gasteiger partial charge is 0.408 e. The molecular formula is C27H36FN5O4. The van der Waals surface area contributed by atoms with Crippen molar-refractivity contribution in [3.05, 3.63) is 41.0 Å². The number of aromatic nitrogens is 3. The molecule has 1 amide bonds. The molecule has 1 atom stereocenters. The number of hydrogen-bond acceptors (Lipinski definition) is 7. The van der Waals surface area contributed by atoms with Gasteiger partial charge in [0, 0.05) is 5.54 Å². The number of halogens is 1. The Balaban J connectivity index is 2.15. The van der Waals surface area contributed by atoms with E-state index in [1.807, 2.05) is 27.7 Å². The van der Waals surface area contributed by atoms with Gasteiger partial charge in [-0.15, -0.1) is 0 Å². The first-order chi connectivity index (χ1) is 17.1. The first kappa shape index (κ1) is 27.9. The van der Waals surface area contributed by atoms with Gasteiger partial charge >= 0.3 is 12.1 Å². The standard InChI is InChI=1S/C27H36FN5O4/c1-10-36-24(34)16-13-19(31-21(16)14(2)30-25(35)37-27(7,8)9)20-17(28)11-12-18-22(20)32-23(15(3)29-18)33-26(4,5)6/h11-14,31H,10H2,1-9H3,(H,30,35)(H,32,33). The van der Waals surface area contributed by atoms with Crippen molar-refractivity contribution < 1.29 is 23.5 Å². The molecule has 0 radical (unpaired) electrons. The summed E-state index contributed by atoms with van der Waals surface area (Å²) in [5, 5.41) is 6.02. The number of anilines is 1. The predicted octanol–water partition coefficient (Wildman–Crippen LogP) is 6.05. The number of rotatable bonds is 6. The Morgan fingerprint density at radius 3 is 2.41 bits per heavy atom. The Morgan fingerprint density at radius 1 is 1.14 bits per heavy atom. The molecule has 37 heavy (non-hydrogen) atoms. The van der Waals surface area contributed by atoms with Gasteiger partial charge in [0.1, 0.15) is 22.8 Å². The minimum absolute atomic E-state index is 0.155. The number of carbonyl (C=O) groups excluding carboxylic acids is 2. The molecule has 0 aliphatic rings. The Kier molecular flexibility index (Phi) is 7.80. The van der Waals surface area contributed by atoms with Crippen LogP contribution in [0.5, 0.6) is 0 Å². The van der Waals surface area contributed by atoms with E-state index < -0.39 is 29.5 Å². The summed E-state index contributed by atoms with van der Waals surface area (Å²) in [5.41, 5.74) is 1.50. The lowest BCUT2D eigenvalue weighted by Crippen LogP contribution is -2.34. The summed E-state index contributed by atoms with van der Waals surface area (Å²) < 4.78 is 25.9. The number of aromatic amines is 1. The topological polar surface area (TPSA) is 118 Å². The van der Waals surface area contributed by atoms with Gasteiger partial charge in [0.15, 0.2) is 0 Å². The lowest BCUT2D eigenvalue weighted by atomic mass is 10.1. The second-order valence-electron chi connectivity index (χ2n) is 10.9. The van der Waals surface area contributed by atoms with Crippen molar-refractivity contribution >= 4 is 28.9 Å². The Morgan fingerprint density at radius 2 is 1.81 bits per heavy atom. The SMILES string of the molecule is CCOC(=O)c1cc(-c2c(F)ccc3nc(C)c(NC(C)(C)C)nc23)[nH]c1C(C)NC(=O)OC(C)(C)C. The van der Waals surface area contributed by atoms with Crippen molar-refractivity contribution in [3.8, 4) is 11.3 Å². The number of esters is 1. The van der Waals surface area contributed by atoms with Crippen LogP contribution in [0.2, 0.25) is 0 Å². The van der Waals surface area contributed by atoms with Gasteiger partial charge in [-0.1, -0.05) is 0 Å². The van der Waals surface area contributed by atoms with Crippen LogP contribution in [0.3, 0.4) is 0 Å². The van der Waals surface area contributed by atoms with E-state index in [2.05, 4.69) is 20.6 Å². The minimum atomic E-state index is -0.698. The first-order valence-corrected chi connectivity index (χ1v) is 12.2. The summed E-state index contributed by atoms with van der Waals surface area (Å²) in [7, 11) is 0. The van der Waals surface area contributed by atoms with E-state index in [1.165, 1.54) is 12.1 Å². The molecule has 2 aromatic heterocycles. The van der Waals surface area contributed by atoms with E-state index in [0.717, 1.165) is 0 Å². The van der Waals surface area contributed by atoms with Crippen LogP contribution in [-0.4, -0.2) is 44.8 Å². The Hall–Kier alpha value is -3.69. The second kappa shape index (κ2) is 10.4. The Bertz CT molecular complexity index is 1320.